The highest BCUT2D eigenvalue weighted by Crippen LogP contribution is 2.32. The van der Waals surface area contributed by atoms with Crippen molar-refractivity contribution in [1.82, 2.24) is 4.90 Å². The fourth-order valence-electron chi connectivity index (χ4n) is 2.90. The maximum Gasteiger partial charge on any atom is 0.294 e. The van der Waals surface area contributed by atoms with Gasteiger partial charge >= 0.3 is 0 Å². The summed E-state index contributed by atoms with van der Waals surface area (Å²) in [6.45, 7) is 6.01. The molecule has 0 aromatic heterocycles. The van der Waals surface area contributed by atoms with E-state index in [0.717, 1.165) is 39.1 Å². The number of aryl methyl sites for hydroxylation is 2. The summed E-state index contributed by atoms with van der Waals surface area (Å²) < 4.78 is 5.39. The Morgan fingerprint density at radius 1 is 1.14 bits per heavy atom. The minimum absolute atomic E-state index is 0.290. The highest BCUT2D eigenvalue weighted by molar-refractivity contribution is 8.18. The van der Waals surface area contributed by atoms with E-state index >= 15 is 0 Å². The second-order valence-electron chi connectivity index (χ2n) is 6.64. The van der Waals surface area contributed by atoms with Crippen molar-refractivity contribution < 1.29 is 19.1 Å². The second-order valence-corrected chi connectivity index (χ2v) is 7.63. The summed E-state index contributed by atoms with van der Waals surface area (Å²) in [5, 5.41) is 2.30. The van der Waals surface area contributed by atoms with Crippen LogP contribution in [0.1, 0.15) is 23.6 Å². The van der Waals surface area contributed by atoms with Crippen molar-refractivity contribution in [3.8, 4) is 5.75 Å². The summed E-state index contributed by atoms with van der Waals surface area (Å²) >= 11 is 0.832. The quantitative estimate of drug-likeness (QED) is 0.716. The Morgan fingerprint density at radius 2 is 1.86 bits per heavy atom. The normalized spacial score (nSPS) is 15.1. The molecule has 0 atom stereocenters. The lowest BCUT2D eigenvalue weighted by molar-refractivity contribution is -0.127. The fraction of sp³-hybridized carbons (Fsp3) is 0.227. The van der Waals surface area contributed by atoms with Crippen LogP contribution in [0.3, 0.4) is 0 Å². The van der Waals surface area contributed by atoms with Gasteiger partial charge in [-0.15, -0.1) is 0 Å². The Hall–Kier alpha value is -3.06. The van der Waals surface area contributed by atoms with Gasteiger partial charge in [0.2, 0.25) is 5.91 Å². The van der Waals surface area contributed by atoms with Crippen LogP contribution >= 0.6 is 11.8 Å². The summed E-state index contributed by atoms with van der Waals surface area (Å²) in [6, 6.07) is 12.9. The van der Waals surface area contributed by atoms with E-state index in [4.69, 9.17) is 4.74 Å². The Kier molecular flexibility index (Phi) is 6.39. The molecule has 1 aliphatic heterocycles. The largest absolute Gasteiger partial charge is 0.494 e. The number of amides is 3. The number of imide groups is 1. The van der Waals surface area contributed by atoms with Gasteiger partial charge in [-0.3, -0.25) is 19.3 Å². The molecular formula is C22H22N2O4S. The van der Waals surface area contributed by atoms with Crippen molar-refractivity contribution in [2.75, 3.05) is 18.5 Å². The first-order valence-corrected chi connectivity index (χ1v) is 10.0. The monoisotopic (exact) mass is 410 g/mol. The zero-order valence-corrected chi connectivity index (χ0v) is 17.3. The van der Waals surface area contributed by atoms with Gasteiger partial charge in [-0.25, -0.2) is 0 Å². The van der Waals surface area contributed by atoms with Crippen LogP contribution in [0.4, 0.5) is 10.5 Å². The zero-order chi connectivity index (χ0) is 21.0. The van der Waals surface area contributed by atoms with E-state index in [1.165, 1.54) is 0 Å². The molecule has 150 valence electrons. The van der Waals surface area contributed by atoms with Gasteiger partial charge in [-0.1, -0.05) is 29.8 Å². The number of anilines is 1. The molecule has 0 spiro atoms. The van der Waals surface area contributed by atoms with Gasteiger partial charge in [0.1, 0.15) is 12.3 Å². The number of carbonyl (C=O) groups is 3. The topological polar surface area (TPSA) is 75.7 Å². The van der Waals surface area contributed by atoms with Crippen molar-refractivity contribution in [2.24, 2.45) is 0 Å². The van der Waals surface area contributed by atoms with Crippen LogP contribution in [0.2, 0.25) is 0 Å². The van der Waals surface area contributed by atoms with E-state index in [-0.39, 0.29) is 6.54 Å². The number of ether oxygens (including phenoxy) is 1. The van der Waals surface area contributed by atoms with Crippen LogP contribution in [0.5, 0.6) is 5.75 Å². The van der Waals surface area contributed by atoms with Gasteiger partial charge in [-0.2, -0.15) is 0 Å². The molecule has 0 aliphatic carbocycles. The number of benzene rings is 2. The molecule has 1 fully saturated rings. The summed E-state index contributed by atoms with van der Waals surface area (Å²) in [5.74, 6) is -0.146. The zero-order valence-electron chi connectivity index (χ0n) is 16.5. The van der Waals surface area contributed by atoms with Crippen LogP contribution in [-0.4, -0.2) is 35.1 Å². The summed E-state index contributed by atoms with van der Waals surface area (Å²) in [6.07, 6.45) is 1.64. The average molecular weight is 410 g/mol. The molecule has 2 aromatic carbocycles. The van der Waals surface area contributed by atoms with Crippen LogP contribution < -0.4 is 10.1 Å². The molecule has 0 bridgehead atoms. The lowest BCUT2D eigenvalue weighted by Crippen LogP contribution is -2.36. The SMILES string of the molecule is CCOc1ccc(/C=C2/SC(=O)N(CC(=O)Nc3ccc(C)cc3C)C2=O)cc1. The molecule has 3 rings (SSSR count). The molecule has 29 heavy (non-hydrogen) atoms. The van der Waals surface area contributed by atoms with E-state index in [1.54, 1.807) is 18.2 Å². The van der Waals surface area contributed by atoms with Crippen LogP contribution in [0.15, 0.2) is 47.4 Å². The van der Waals surface area contributed by atoms with Gasteiger partial charge < -0.3 is 10.1 Å². The predicted molar refractivity (Wildman–Crippen MR) is 115 cm³/mol. The van der Waals surface area contributed by atoms with Crippen molar-refractivity contribution in [3.05, 3.63) is 64.1 Å². The third-order valence-electron chi connectivity index (χ3n) is 4.32. The summed E-state index contributed by atoms with van der Waals surface area (Å²) in [5.41, 5.74) is 3.45. The third-order valence-corrected chi connectivity index (χ3v) is 5.23. The molecule has 0 unspecified atom stereocenters. The maximum atomic E-state index is 12.6. The lowest BCUT2D eigenvalue weighted by Gasteiger charge is -2.14. The number of nitrogens with one attached hydrogen (secondary N) is 1. The van der Waals surface area contributed by atoms with Gasteiger partial charge in [0.05, 0.1) is 11.5 Å². The van der Waals surface area contributed by atoms with Crippen molar-refractivity contribution in [1.29, 1.82) is 0 Å². The molecule has 1 N–H and O–H groups in total. The first-order valence-electron chi connectivity index (χ1n) is 9.22. The van der Waals surface area contributed by atoms with Crippen LogP contribution in [0, 0.1) is 13.8 Å². The van der Waals surface area contributed by atoms with Gasteiger partial charge in [0, 0.05) is 5.69 Å². The Labute approximate surface area is 173 Å². The highest BCUT2D eigenvalue weighted by Gasteiger charge is 2.36. The van der Waals surface area contributed by atoms with Crippen molar-refractivity contribution in [3.63, 3.8) is 0 Å². The van der Waals surface area contributed by atoms with Crippen LogP contribution in [-0.2, 0) is 9.59 Å². The van der Waals surface area contributed by atoms with Gasteiger partial charge in [0.25, 0.3) is 11.1 Å². The minimum Gasteiger partial charge on any atom is -0.494 e. The minimum atomic E-state index is -0.468. The van der Waals surface area contributed by atoms with E-state index in [2.05, 4.69) is 5.32 Å². The molecular weight excluding hydrogens is 388 g/mol. The number of thioether (sulfide) groups is 1. The number of carbonyl (C=O) groups excluding carboxylic acids is 3. The number of hydrogen-bond acceptors (Lipinski definition) is 5. The summed E-state index contributed by atoms with van der Waals surface area (Å²) in [4.78, 5) is 38.5. The van der Waals surface area contributed by atoms with E-state index in [9.17, 15) is 14.4 Å². The second kappa shape index (κ2) is 8.96. The highest BCUT2D eigenvalue weighted by atomic mass is 32.2. The summed E-state index contributed by atoms with van der Waals surface area (Å²) in [7, 11) is 0. The van der Waals surface area contributed by atoms with Crippen molar-refractivity contribution >= 4 is 40.6 Å². The predicted octanol–water partition coefficient (Wildman–Crippen LogP) is 4.38. The lowest BCUT2D eigenvalue weighted by atomic mass is 10.1. The number of hydrogen-bond donors (Lipinski definition) is 1. The Balaban J connectivity index is 1.67. The Bertz CT molecular complexity index is 983. The standard InChI is InChI=1S/C22H22N2O4S/c1-4-28-17-8-6-16(7-9-17)12-19-21(26)24(22(27)29-19)13-20(25)23-18-10-5-14(2)11-15(18)3/h5-12H,4,13H2,1-3H3,(H,23,25)/b19-12+. The van der Waals surface area contributed by atoms with Crippen molar-refractivity contribution in [2.45, 2.75) is 20.8 Å². The smallest absolute Gasteiger partial charge is 0.294 e. The number of nitrogens with zero attached hydrogens (tertiary/aromatic N) is 1. The first-order chi connectivity index (χ1) is 13.9. The number of rotatable bonds is 6. The Morgan fingerprint density at radius 3 is 2.52 bits per heavy atom. The van der Waals surface area contributed by atoms with E-state index in [0.29, 0.717) is 17.2 Å². The fourth-order valence-corrected chi connectivity index (χ4v) is 3.74. The van der Waals surface area contributed by atoms with E-state index < -0.39 is 17.1 Å². The average Bonchev–Trinajstić information content (AvgIpc) is 2.93. The molecule has 3 amide bonds. The van der Waals surface area contributed by atoms with Crippen LogP contribution in [0.25, 0.3) is 6.08 Å². The van der Waals surface area contributed by atoms with Gasteiger partial charge in [0.15, 0.2) is 0 Å². The molecule has 2 aromatic rings. The molecule has 6 nitrogen and oxygen atoms in total. The molecule has 1 heterocycles. The van der Waals surface area contributed by atoms with Gasteiger partial charge in [-0.05, 0) is 67.9 Å². The first kappa shape index (κ1) is 20.7. The van der Waals surface area contributed by atoms with E-state index in [1.807, 2.05) is 51.1 Å². The maximum absolute atomic E-state index is 12.6. The molecule has 1 saturated heterocycles. The molecule has 0 saturated carbocycles. The molecule has 0 radical (unpaired) electrons. The molecule has 1 aliphatic rings. The molecule has 7 heteroatoms. The third kappa shape index (κ3) is 5.06.